The maximum atomic E-state index is 10.3. The summed E-state index contributed by atoms with van der Waals surface area (Å²) in [5.74, 6) is -0.731. The summed E-state index contributed by atoms with van der Waals surface area (Å²) in [5, 5.41) is 17.3. The van der Waals surface area contributed by atoms with Crippen molar-refractivity contribution >= 4 is 5.97 Å². The van der Waals surface area contributed by atoms with E-state index in [1.54, 1.807) is 0 Å². The first-order valence-corrected chi connectivity index (χ1v) is 8.87. The van der Waals surface area contributed by atoms with Gasteiger partial charge in [0.05, 0.1) is 0 Å². The lowest BCUT2D eigenvalue weighted by molar-refractivity contribution is -0.267. The standard InChI is InChI=1S/C20H32O4/c1-2-3-13-16-19(24-23)17-14-11-9-7-5-4-6-8-10-12-15-18-20(21)22/h5,7-11,14,17,19,23H,2-4,6,12-13,15-16,18H2,1H3,(H,21,22)/b7-5+,10-8+,11-9+,17-14+. The van der Waals surface area contributed by atoms with Gasteiger partial charge in [-0.05, 0) is 32.1 Å². The molecule has 1 unspecified atom stereocenters. The first kappa shape index (κ1) is 22.4. The van der Waals surface area contributed by atoms with Gasteiger partial charge in [-0.1, -0.05) is 74.8 Å². The molecule has 0 aromatic carbocycles. The quantitative estimate of drug-likeness (QED) is 0.133. The average Bonchev–Trinajstić information content (AvgIpc) is 2.57. The van der Waals surface area contributed by atoms with Crippen molar-refractivity contribution in [2.45, 2.75) is 70.8 Å². The van der Waals surface area contributed by atoms with Gasteiger partial charge < -0.3 is 5.11 Å². The summed E-state index contributed by atoms with van der Waals surface area (Å²) in [6, 6.07) is 0. The first-order chi connectivity index (χ1) is 11.7. The minimum absolute atomic E-state index is 0.226. The molecule has 0 bridgehead atoms. The summed E-state index contributed by atoms with van der Waals surface area (Å²) in [5.41, 5.74) is 0. The van der Waals surface area contributed by atoms with E-state index >= 15 is 0 Å². The zero-order valence-corrected chi connectivity index (χ0v) is 14.8. The van der Waals surface area contributed by atoms with Crippen LogP contribution in [0.4, 0.5) is 0 Å². The van der Waals surface area contributed by atoms with Crippen molar-refractivity contribution in [1.82, 2.24) is 0 Å². The summed E-state index contributed by atoms with van der Waals surface area (Å²) in [4.78, 5) is 14.8. The number of unbranched alkanes of at least 4 members (excludes halogenated alkanes) is 4. The van der Waals surface area contributed by atoms with Crippen molar-refractivity contribution < 1.29 is 20.0 Å². The highest BCUT2D eigenvalue weighted by molar-refractivity contribution is 5.66. The first-order valence-electron chi connectivity index (χ1n) is 8.87. The Kier molecular flexibility index (Phi) is 16.5. The lowest BCUT2D eigenvalue weighted by atomic mass is 10.1. The van der Waals surface area contributed by atoms with E-state index in [9.17, 15) is 4.79 Å². The van der Waals surface area contributed by atoms with E-state index in [4.69, 9.17) is 10.4 Å². The molecule has 0 heterocycles. The summed E-state index contributed by atoms with van der Waals surface area (Å²) in [6.07, 6.45) is 23.5. The van der Waals surface area contributed by atoms with E-state index in [0.29, 0.717) is 6.42 Å². The summed E-state index contributed by atoms with van der Waals surface area (Å²) >= 11 is 0. The number of carboxylic acid groups (broad SMARTS) is 1. The van der Waals surface area contributed by atoms with Crippen molar-refractivity contribution in [3.63, 3.8) is 0 Å². The Morgan fingerprint density at radius 3 is 2.38 bits per heavy atom. The Hall–Kier alpha value is -1.65. The van der Waals surface area contributed by atoms with Crippen LogP contribution in [-0.4, -0.2) is 22.4 Å². The van der Waals surface area contributed by atoms with Crippen LogP contribution in [0.2, 0.25) is 0 Å². The molecule has 0 radical (unpaired) electrons. The number of carbonyl (C=O) groups is 1. The number of carboxylic acids is 1. The Labute approximate surface area is 146 Å². The number of rotatable bonds is 15. The molecule has 4 nitrogen and oxygen atoms in total. The average molecular weight is 336 g/mol. The molecule has 24 heavy (non-hydrogen) atoms. The molecular weight excluding hydrogens is 304 g/mol. The van der Waals surface area contributed by atoms with E-state index in [0.717, 1.165) is 44.9 Å². The molecule has 0 saturated heterocycles. The topological polar surface area (TPSA) is 66.8 Å². The van der Waals surface area contributed by atoms with E-state index in [2.05, 4.69) is 24.0 Å². The highest BCUT2D eigenvalue weighted by Gasteiger charge is 2.02. The molecule has 0 rings (SSSR count). The van der Waals surface area contributed by atoms with Gasteiger partial charge in [-0.2, -0.15) is 0 Å². The van der Waals surface area contributed by atoms with Gasteiger partial charge in [0.1, 0.15) is 6.10 Å². The van der Waals surface area contributed by atoms with Crippen LogP contribution in [0.25, 0.3) is 0 Å². The maximum absolute atomic E-state index is 10.3. The van der Waals surface area contributed by atoms with Crippen molar-refractivity contribution in [3.05, 3.63) is 48.6 Å². The van der Waals surface area contributed by atoms with Crippen molar-refractivity contribution in [3.8, 4) is 0 Å². The lowest BCUT2D eigenvalue weighted by Gasteiger charge is -2.06. The molecule has 0 aromatic rings. The van der Waals surface area contributed by atoms with Crippen LogP contribution in [-0.2, 0) is 9.68 Å². The highest BCUT2D eigenvalue weighted by atomic mass is 17.1. The number of hydrogen-bond acceptors (Lipinski definition) is 3. The third-order valence-corrected chi connectivity index (χ3v) is 3.45. The van der Waals surface area contributed by atoms with Crippen LogP contribution in [0.15, 0.2) is 48.6 Å². The second kappa shape index (κ2) is 17.7. The van der Waals surface area contributed by atoms with E-state index in [1.807, 2.05) is 36.5 Å². The largest absolute Gasteiger partial charge is 0.481 e. The zero-order valence-electron chi connectivity index (χ0n) is 14.8. The van der Waals surface area contributed by atoms with Crippen molar-refractivity contribution in [2.75, 3.05) is 0 Å². The number of hydrogen-bond donors (Lipinski definition) is 2. The molecule has 0 saturated carbocycles. The third-order valence-electron chi connectivity index (χ3n) is 3.45. The Morgan fingerprint density at radius 1 is 0.958 bits per heavy atom. The van der Waals surface area contributed by atoms with Crippen LogP contribution >= 0.6 is 0 Å². The van der Waals surface area contributed by atoms with E-state index in [1.165, 1.54) is 0 Å². The SMILES string of the molecule is CCCCCC(/C=C/C=C/C=C/CC/C=C/CCCC(=O)O)OO. The van der Waals surface area contributed by atoms with Gasteiger partial charge in [-0.15, -0.1) is 0 Å². The Balaban J connectivity index is 3.70. The molecule has 0 aliphatic carbocycles. The fourth-order valence-electron chi connectivity index (χ4n) is 2.07. The van der Waals surface area contributed by atoms with Gasteiger partial charge >= 0.3 is 5.97 Å². The minimum Gasteiger partial charge on any atom is -0.481 e. The van der Waals surface area contributed by atoms with Crippen molar-refractivity contribution in [1.29, 1.82) is 0 Å². The normalized spacial score (nSPS) is 13.8. The molecule has 0 aliphatic heterocycles. The second-order valence-corrected chi connectivity index (χ2v) is 5.67. The molecular formula is C20H32O4. The van der Waals surface area contributed by atoms with Crippen LogP contribution in [0.3, 0.4) is 0 Å². The van der Waals surface area contributed by atoms with Crippen LogP contribution in [0.5, 0.6) is 0 Å². The fourth-order valence-corrected chi connectivity index (χ4v) is 2.07. The molecule has 0 fully saturated rings. The fraction of sp³-hybridized carbons (Fsp3) is 0.550. The summed E-state index contributed by atoms with van der Waals surface area (Å²) < 4.78 is 0. The second-order valence-electron chi connectivity index (χ2n) is 5.67. The van der Waals surface area contributed by atoms with Crippen LogP contribution < -0.4 is 0 Å². The van der Waals surface area contributed by atoms with Gasteiger partial charge in [0.2, 0.25) is 0 Å². The van der Waals surface area contributed by atoms with Crippen molar-refractivity contribution in [2.24, 2.45) is 0 Å². The van der Waals surface area contributed by atoms with Gasteiger partial charge in [0.15, 0.2) is 0 Å². The lowest BCUT2D eigenvalue weighted by Crippen LogP contribution is -2.06. The van der Waals surface area contributed by atoms with Crippen LogP contribution in [0.1, 0.15) is 64.7 Å². The zero-order chi connectivity index (χ0) is 17.9. The number of aliphatic carboxylic acids is 1. The maximum Gasteiger partial charge on any atom is 0.303 e. The minimum atomic E-state index is -0.731. The van der Waals surface area contributed by atoms with Crippen LogP contribution in [0, 0.1) is 0 Å². The molecule has 4 heteroatoms. The molecule has 0 aromatic heterocycles. The molecule has 2 N–H and O–H groups in total. The third kappa shape index (κ3) is 16.7. The Bertz CT molecular complexity index is 408. The highest BCUT2D eigenvalue weighted by Crippen LogP contribution is 2.07. The smallest absolute Gasteiger partial charge is 0.303 e. The van der Waals surface area contributed by atoms with E-state index in [-0.39, 0.29) is 12.5 Å². The molecule has 0 aliphatic rings. The molecule has 0 amide bonds. The van der Waals surface area contributed by atoms with E-state index < -0.39 is 5.97 Å². The number of allylic oxidation sites excluding steroid dienone is 7. The summed E-state index contributed by atoms with van der Waals surface area (Å²) in [6.45, 7) is 2.15. The molecule has 136 valence electrons. The monoisotopic (exact) mass is 336 g/mol. The predicted molar refractivity (Wildman–Crippen MR) is 98.9 cm³/mol. The Morgan fingerprint density at radius 2 is 1.67 bits per heavy atom. The van der Waals surface area contributed by atoms with Gasteiger partial charge in [0, 0.05) is 6.42 Å². The van der Waals surface area contributed by atoms with Gasteiger partial charge in [0.25, 0.3) is 0 Å². The van der Waals surface area contributed by atoms with Gasteiger partial charge in [-0.25, -0.2) is 4.89 Å². The molecule has 0 spiro atoms. The summed E-state index contributed by atoms with van der Waals surface area (Å²) in [7, 11) is 0. The van der Waals surface area contributed by atoms with Gasteiger partial charge in [-0.3, -0.25) is 10.1 Å². The predicted octanol–water partition coefficient (Wildman–Crippen LogP) is 5.68. The molecule has 1 atom stereocenters.